The summed E-state index contributed by atoms with van der Waals surface area (Å²) >= 11 is 1.46. The second-order valence-electron chi connectivity index (χ2n) is 10.5. The van der Waals surface area contributed by atoms with Gasteiger partial charge in [-0.25, -0.2) is 4.98 Å². The number of ketones is 1. The Bertz CT molecular complexity index is 1290. The van der Waals surface area contributed by atoms with Gasteiger partial charge in [-0.3, -0.25) is 4.79 Å². The first-order chi connectivity index (χ1) is 19.9. The van der Waals surface area contributed by atoms with E-state index in [-0.39, 0.29) is 17.5 Å². The summed E-state index contributed by atoms with van der Waals surface area (Å²) in [4.78, 5) is 26.6. The molecule has 0 bridgehead atoms. The Morgan fingerprint density at radius 3 is 2.73 bits per heavy atom. The van der Waals surface area contributed by atoms with E-state index in [2.05, 4.69) is 40.8 Å². The smallest absolute Gasteiger partial charge is 0.228 e. The molecule has 2 aliphatic rings. The van der Waals surface area contributed by atoms with Crippen LogP contribution in [-0.2, 0) is 17.6 Å². The standard InChI is InChI=1S/C29H40N6O3S.C2H2/c1-4-8-21(26(31)20-11-5-12-23-25(20)22(16-30)28(32)39-23)27(36)29-33-18(9-7-14-37-3)15-24(34-29)38-17-19-10-6-13-35(19)2;1-2/h15,19-20H,4-14,17,31-32H2,1-3H3;1-2H/b26-21-;/t19-,20-;/m0./s1. The third-order valence-corrected chi connectivity index (χ3v) is 8.83. The largest absolute Gasteiger partial charge is 0.476 e. The number of fused-ring (bicyclic) bond motifs is 1. The molecule has 2 aromatic heterocycles. The van der Waals surface area contributed by atoms with Crippen molar-refractivity contribution < 1.29 is 14.3 Å². The Morgan fingerprint density at radius 1 is 1.29 bits per heavy atom. The second-order valence-corrected chi connectivity index (χ2v) is 11.6. The number of carbonyl (C=O) groups is 1. The summed E-state index contributed by atoms with van der Waals surface area (Å²) in [5, 5.41) is 10.3. The maximum atomic E-state index is 14.0. The van der Waals surface area contributed by atoms with Gasteiger partial charge in [-0.05, 0) is 70.5 Å². The molecule has 41 heavy (non-hydrogen) atoms. The van der Waals surface area contributed by atoms with Crippen LogP contribution in [0.25, 0.3) is 0 Å². The molecule has 9 nitrogen and oxygen atoms in total. The molecule has 4 N–H and O–H groups in total. The third kappa shape index (κ3) is 7.65. The predicted octanol–water partition coefficient (Wildman–Crippen LogP) is 4.61. The summed E-state index contributed by atoms with van der Waals surface area (Å²) in [5.74, 6) is 0.0147. The van der Waals surface area contributed by atoms with Crippen LogP contribution in [0.5, 0.6) is 5.88 Å². The number of aryl methyl sites for hydroxylation is 2. The van der Waals surface area contributed by atoms with Crippen LogP contribution in [-0.4, -0.2) is 60.6 Å². The van der Waals surface area contributed by atoms with E-state index in [1.165, 1.54) is 11.3 Å². The quantitative estimate of drug-likeness (QED) is 0.160. The number of nitrogens with zero attached hydrogens (tertiary/aromatic N) is 4. The summed E-state index contributed by atoms with van der Waals surface area (Å²) in [6, 6.07) is 4.42. The van der Waals surface area contributed by atoms with Crippen molar-refractivity contribution in [3.63, 3.8) is 0 Å². The number of likely N-dealkylation sites (tertiary alicyclic amines) is 1. The Labute approximate surface area is 247 Å². The molecule has 3 heterocycles. The summed E-state index contributed by atoms with van der Waals surface area (Å²) in [7, 11) is 3.77. The molecule has 4 rings (SSSR count). The Hall–Kier alpha value is -3.44. The minimum Gasteiger partial charge on any atom is -0.476 e. The number of hydrogen-bond acceptors (Lipinski definition) is 10. The normalized spacial score (nSPS) is 18.9. The molecule has 1 saturated heterocycles. The molecule has 0 amide bonds. The molecule has 0 saturated carbocycles. The van der Waals surface area contributed by atoms with Gasteiger partial charge in [0, 0.05) is 53.6 Å². The lowest BCUT2D eigenvalue weighted by Crippen LogP contribution is -2.31. The van der Waals surface area contributed by atoms with Crippen molar-refractivity contribution in [1.82, 2.24) is 14.9 Å². The fourth-order valence-electron chi connectivity index (χ4n) is 5.63. The number of ether oxygens (including phenoxy) is 2. The van der Waals surface area contributed by atoms with Crippen LogP contribution < -0.4 is 16.2 Å². The number of Topliss-reactive ketones (excluding diaryl/α,β-unsaturated/α-hetero) is 1. The van der Waals surface area contributed by atoms with E-state index >= 15 is 0 Å². The van der Waals surface area contributed by atoms with Crippen molar-refractivity contribution in [2.45, 2.75) is 76.7 Å². The van der Waals surface area contributed by atoms with Crippen molar-refractivity contribution in [3.05, 3.63) is 44.9 Å². The van der Waals surface area contributed by atoms with Crippen molar-refractivity contribution in [2.24, 2.45) is 5.73 Å². The second kappa shape index (κ2) is 15.5. The van der Waals surface area contributed by atoms with Gasteiger partial charge in [0.05, 0.1) is 5.56 Å². The van der Waals surface area contributed by atoms with Crippen LogP contribution in [0.4, 0.5) is 5.00 Å². The molecule has 2 atom stereocenters. The molecule has 220 valence electrons. The summed E-state index contributed by atoms with van der Waals surface area (Å²) in [6.45, 7) is 4.18. The van der Waals surface area contributed by atoms with Crippen LogP contribution in [0.15, 0.2) is 17.3 Å². The number of nitriles is 1. The molecule has 0 radical (unpaired) electrons. The van der Waals surface area contributed by atoms with Gasteiger partial charge < -0.3 is 25.8 Å². The number of nitrogen functional groups attached to an aromatic ring is 1. The molecule has 2 aromatic rings. The van der Waals surface area contributed by atoms with Crippen molar-refractivity contribution in [2.75, 3.05) is 39.6 Å². The molecule has 0 aromatic carbocycles. The highest BCUT2D eigenvalue weighted by Crippen LogP contribution is 2.45. The first-order valence-corrected chi connectivity index (χ1v) is 15.1. The minimum atomic E-state index is -0.278. The number of allylic oxidation sites excluding steroid dienone is 2. The number of likely N-dealkylation sites (N-methyl/N-ethyl adjacent to an activating group) is 1. The van der Waals surface area contributed by atoms with Gasteiger partial charge in [-0.2, -0.15) is 10.2 Å². The number of carbonyl (C=O) groups excluding carboxylic acids is 1. The van der Waals surface area contributed by atoms with E-state index in [0.717, 1.165) is 67.6 Å². The average molecular weight is 579 g/mol. The first-order valence-electron chi connectivity index (χ1n) is 14.2. The van der Waals surface area contributed by atoms with Crippen molar-refractivity contribution in [1.29, 1.82) is 5.26 Å². The predicted molar refractivity (Wildman–Crippen MR) is 163 cm³/mol. The summed E-state index contributed by atoms with van der Waals surface area (Å²) in [5.41, 5.74) is 16.1. The average Bonchev–Trinajstić information content (AvgIpc) is 3.55. The number of rotatable bonds is 12. The fourth-order valence-corrected chi connectivity index (χ4v) is 6.76. The van der Waals surface area contributed by atoms with E-state index in [1.54, 1.807) is 7.11 Å². The topological polar surface area (TPSA) is 140 Å². The minimum absolute atomic E-state index is 0.104. The molecular weight excluding hydrogens is 536 g/mol. The Morgan fingerprint density at radius 2 is 2.07 bits per heavy atom. The highest BCUT2D eigenvalue weighted by molar-refractivity contribution is 7.16. The number of thiophene rings is 1. The fraction of sp³-hybridized carbons (Fsp3) is 0.548. The lowest BCUT2D eigenvalue weighted by atomic mass is 9.80. The Balaban J connectivity index is 0.00000226. The van der Waals surface area contributed by atoms with Crippen molar-refractivity contribution in [3.8, 4) is 24.8 Å². The molecule has 1 aliphatic heterocycles. The molecule has 1 aliphatic carbocycles. The summed E-state index contributed by atoms with van der Waals surface area (Å²) in [6.07, 6.45) is 15.4. The third-order valence-electron chi connectivity index (χ3n) is 7.74. The molecule has 1 fully saturated rings. The number of nitrogens with two attached hydrogens (primary N) is 2. The number of aromatic nitrogens is 2. The zero-order valence-corrected chi connectivity index (χ0v) is 25.3. The monoisotopic (exact) mass is 578 g/mol. The van der Waals surface area contributed by atoms with Crippen molar-refractivity contribution >= 4 is 22.1 Å². The van der Waals surface area contributed by atoms with Crippen LogP contribution >= 0.6 is 11.3 Å². The maximum absolute atomic E-state index is 14.0. The summed E-state index contributed by atoms with van der Waals surface area (Å²) < 4.78 is 11.3. The van der Waals surface area contributed by atoms with E-state index in [4.69, 9.17) is 20.9 Å². The highest BCUT2D eigenvalue weighted by atomic mass is 32.1. The zero-order chi connectivity index (χ0) is 29.9. The van der Waals surface area contributed by atoms with Crippen LogP contribution in [0.3, 0.4) is 0 Å². The van der Waals surface area contributed by atoms with Gasteiger partial charge in [0.15, 0.2) is 0 Å². The van der Waals surface area contributed by atoms with Gasteiger partial charge in [-0.15, -0.1) is 24.2 Å². The molecule has 0 unspecified atom stereocenters. The van der Waals surface area contributed by atoms with Gasteiger partial charge in [0.1, 0.15) is 17.7 Å². The van der Waals surface area contributed by atoms with Crippen LogP contribution in [0, 0.1) is 24.2 Å². The lowest BCUT2D eigenvalue weighted by Gasteiger charge is -2.25. The van der Waals surface area contributed by atoms with Gasteiger partial charge in [-0.1, -0.05) is 13.3 Å². The van der Waals surface area contributed by atoms with E-state index in [9.17, 15) is 10.1 Å². The molecular formula is C31H42N6O3S. The first kappa shape index (κ1) is 32.1. The van der Waals surface area contributed by atoms with Gasteiger partial charge in [0.2, 0.25) is 17.5 Å². The van der Waals surface area contributed by atoms with Gasteiger partial charge >= 0.3 is 0 Å². The zero-order valence-electron chi connectivity index (χ0n) is 24.4. The van der Waals surface area contributed by atoms with E-state index in [1.807, 2.05) is 13.0 Å². The van der Waals surface area contributed by atoms with E-state index < -0.39 is 0 Å². The molecule has 0 spiro atoms. The molecule has 10 heteroatoms. The lowest BCUT2D eigenvalue weighted by molar-refractivity contribution is 0.101. The Kier molecular flexibility index (Phi) is 12.2. The number of anilines is 1. The number of methoxy groups -OCH3 is 1. The maximum Gasteiger partial charge on any atom is 0.228 e. The van der Waals surface area contributed by atoms with Crippen LogP contribution in [0.2, 0.25) is 0 Å². The highest BCUT2D eigenvalue weighted by Gasteiger charge is 2.32. The number of terminal acetylenes is 1. The SMILES string of the molecule is C#C.CCC/C(C(=O)c1nc(CCCOC)cc(OC[C@@H]2CCCN2C)n1)=C(/N)[C@H]1CCCc2sc(N)c(C#N)c21. The van der Waals surface area contributed by atoms with E-state index in [0.29, 0.717) is 59.8 Å². The van der Waals surface area contributed by atoms with Crippen LogP contribution in [0.1, 0.15) is 90.1 Å². The number of hydrogen-bond donors (Lipinski definition) is 2. The van der Waals surface area contributed by atoms with Gasteiger partial charge in [0.25, 0.3) is 0 Å².